The van der Waals surface area contributed by atoms with Crippen LogP contribution in [0.4, 0.5) is 34.6 Å². The molecule has 4 rings (SSSR count). The number of benzene rings is 3. The van der Waals surface area contributed by atoms with Crippen molar-refractivity contribution < 1.29 is 31.1 Å². The fourth-order valence-corrected chi connectivity index (χ4v) is 5.14. The van der Waals surface area contributed by atoms with Crippen molar-refractivity contribution in [3.05, 3.63) is 88.7 Å². The van der Waals surface area contributed by atoms with Gasteiger partial charge in [-0.05, 0) is 66.9 Å². The van der Waals surface area contributed by atoms with E-state index in [-0.39, 0.29) is 12.2 Å². The van der Waals surface area contributed by atoms with Crippen LogP contribution in [0.5, 0.6) is 0 Å². The minimum absolute atomic E-state index is 0.0206. The van der Waals surface area contributed by atoms with Crippen LogP contribution < -0.4 is 19.4 Å². The molecule has 3 aromatic rings. The monoisotopic (exact) mass is 591 g/mol. The number of piperazine rings is 1. The van der Waals surface area contributed by atoms with Crippen LogP contribution in [-0.4, -0.2) is 47.9 Å². The molecule has 1 N–H and O–H groups in total. The Balaban J connectivity index is 1.49. The highest BCUT2D eigenvalue weighted by Gasteiger charge is 2.32. The molecule has 1 heterocycles. The lowest BCUT2D eigenvalue weighted by Gasteiger charge is -2.38. The Kier molecular flexibility index (Phi) is 9.23. The molecule has 7 nitrogen and oxygen atoms in total. The van der Waals surface area contributed by atoms with Crippen molar-refractivity contribution in [1.82, 2.24) is 5.32 Å². The summed E-state index contributed by atoms with van der Waals surface area (Å²) in [6, 6.07) is 15.4. The molecule has 1 aliphatic rings. The number of carbonyl (C=O) groups excluding carboxylic acids is 1. The van der Waals surface area contributed by atoms with Crippen LogP contribution in [0.25, 0.3) is 0 Å². The lowest BCUT2D eigenvalue weighted by Crippen LogP contribution is -2.47. The molecule has 220 valence electrons. The van der Waals surface area contributed by atoms with Crippen LogP contribution in [0.15, 0.2) is 60.7 Å². The van der Waals surface area contributed by atoms with Gasteiger partial charge in [-0.1, -0.05) is 24.3 Å². The van der Waals surface area contributed by atoms with Gasteiger partial charge in [-0.2, -0.15) is 13.2 Å². The van der Waals surface area contributed by atoms with E-state index in [1.807, 2.05) is 30.0 Å². The zero-order valence-electron chi connectivity index (χ0n) is 22.9. The Morgan fingerprint density at radius 2 is 1.73 bits per heavy atom. The third kappa shape index (κ3) is 7.17. The molecule has 1 amide bonds. The molecule has 12 heteroatoms. The van der Waals surface area contributed by atoms with Gasteiger partial charge >= 0.3 is 6.18 Å². The van der Waals surface area contributed by atoms with E-state index in [4.69, 9.17) is 0 Å². The molecule has 41 heavy (non-hydrogen) atoms. The second-order valence-electron chi connectivity index (χ2n) is 10.0. The Hall–Kier alpha value is -3.64. The third-order valence-electron chi connectivity index (χ3n) is 7.28. The van der Waals surface area contributed by atoms with Crippen LogP contribution in [0.1, 0.15) is 35.1 Å². The average molecular weight is 592 g/mol. The zero-order valence-corrected chi connectivity index (χ0v) is 23.7. The number of nitrogens with one attached hydrogen (secondary N) is 1. The van der Waals surface area contributed by atoms with E-state index in [0.29, 0.717) is 43.0 Å². The lowest BCUT2D eigenvalue weighted by molar-refractivity contribution is -0.137. The first-order valence-electron chi connectivity index (χ1n) is 13.0. The molecular formula is C29H31F4N4O3S-. The Labute approximate surface area is 239 Å². The standard InChI is InChI=1S/C29H32F4N4O3S/c1-19-5-4-6-24(15-19)36-11-13-37(14-12-36)27-17-23(29(31,32)33)9-7-22(27)18-34-28(38)20(2)21-8-10-26(25(30)16-21)35(3)41(39)40/h4-10,15-17,20H,11-14,18H2,1-3H3,(H,34,38)(H,39,40)/p-1. The van der Waals surface area contributed by atoms with E-state index in [1.165, 1.54) is 25.2 Å². The summed E-state index contributed by atoms with van der Waals surface area (Å²) in [5, 5.41) is 2.76. The molecule has 1 fully saturated rings. The quantitative estimate of drug-likeness (QED) is 0.290. The molecule has 0 bridgehead atoms. The molecule has 0 saturated carbocycles. The first-order valence-corrected chi connectivity index (χ1v) is 14.0. The summed E-state index contributed by atoms with van der Waals surface area (Å²) in [5.41, 5.74) is 2.52. The Bertz CT molecular complexity index is 1430. The molecule has 2 unspecified atom stereocenters. The maximum absolute atomic E-state index is 14.5. The molecule has 3 aromatic carbocycles. The first-order chi connectivity index (χ1) is 19.3. The highest BCUT2D eigenvalue weighted by Crippen LogP contribution is 2.34. The van der Waals surface area contributed by atoms with Crippen LogP contribution >= 0.6 is 0 Å². The number of hydrogen-bond acceptors (Lipinski definition) is 5. The summed E-state index contributed by atoms with van der Waals surface area (Å²) >= 11 is -2.66. The maximum atomic E-state index is 14.5. The molecule has 1 saturated heterocycles. The van der Waals surface area contributed by atoms with Crippen LogP contribution in [0, 0.1) is 12.7 Å². The molecule has 0 radical (unpaired) electrons. The molecule has 0 aromatic heterocycles. The van der Waals surface area contributed by atoms with Crippen molar-refractivity contribution in [1.29, 1.82) is 0 Å². The molecule has 0 aliphatic carbocycles. The first kappa shape index (κ1) is 30.3. The summed E-state index contributed by atoms with van der Waals surface area (Å²) < 4.78 is 78.3. The number of aryl methyl sites for hydroxylation is 1. The number of halogens is 4. The van der Waals surface area contributed by atoms with E-state index < -0.39 is 40.6 Å². The van der Waals surface area contributed by atoms with Crippen LogP contribution in [0.3, 0.4) is 0 Å². The number of carbonyl (C=O) groups is 1. The third-order valence-corrected chi connectivity index (χ3v) is 7.92. The fraction of sp³-hybridized carbons (Fsp3) is 0.345. The van der Waals surface area contributed by atoms with Gasteiger partial charge in [0, 0.05) is 62.4 Å². The number of hydrogen-bond donors (Lipinski definition) is 1. The van der Waals surface area contributed by atoms with E-state index in [2.05, 4.69) is 16.3 Å². The predicted molar refractivity (Wildman–Crippen MR) is 151 cm³/mol. The minimum atomic E-state index is -4.52. The van der Waals surface area contributed by atoms with Crippen LogP contribution in [-0.2, 0) is 28.8 Å². The summed E-state index contributed by atoms with van der Waals surface area (Å²) in [6.45, 7) is 5.80. The van der Waals surface area contributed by atoms with E-state index in [9.17, 15) is 31.1 Å². The number of amides is 1. The van der Waals surface area contributed by atoms with Gasteiger partial charge in [-0.15, -0.1) is 0 Å². The Morgan fingerprint density at radius 1 is 1.05 bits per heavy atom. The average Bonchev–Trinajstić information content (AvgIpc) is 2.94. The van der Waals surface area contributed by atoms with Gasteiger partial charge in [0.2, 0.25) is 5.91 Å². The second kappa shape index (κ2) is 12.5. The molecule has 1 aliphatic heterocycles. The van der Waals surface area contributed by atoms with Crippen LogP contribution in [0.2, 0.25) is 0 Å². The summed E-state index contributed by atoms with van der Waals surface area (Å²) in [7, 11) is 1.20. The smallest absolute Gasteiger partial charge is 0.416 e. The number of nitrogens with zero attached hydrogens (tertiary/aromatic N) is 3. The largest absolute Gasteiger partial charge is 0.755 e. The van der Waals surface area contributed by atoms with E-state index >= 15 is 0 Å². The van der Waals surface area contributed by atoms with Gasteiger partial charge in [0.1, 0.15) is 5.82 Å². The van der Waals surface area contributed by atoms with Gasteiger partial charge in [0.05, 0.1) is 17.2 Å². The van der Waals surface area contributed by atoms with Crippen molar-refractivity contribution in [2.24, 2.45) is 0 Å². The lowest BCUT2D eigenvalue weighted by atomic mass is 9.99. The second-order valence-corrected chi connectivity index (χ2v) is 11.0. The van der Waals surface area contributed by atoms with Gasteiger partial charge in [0.25, 0.3) is 0 Å². The van der Waals surface area contributed by atoms with E-state index in [0.717, 1.165) is 33.8 Å². The normalized spacial score (nSPS) is 15.4. The predicted octanol–water partition coefficient (Wildman–Crippen LogP) is 5.13. The molecular weight excluding hydrogens is 560 g/mol. The van der Waals surface area contributed by atoms with Crippen molar-refractivity contribution in [3.63, 3.8) is 0 Å². The molecule has 0 spiro atoms. The zero-order chi connectivity index (χ0) is 29.9. The fourth-order valence-electron chi connectivity index (χ4n) is 4.83. The maximum Gasteiger partial charge on any atom is 0.416 e. The molecule has 2 atom stereocenters. The topological polar surface area (TPSA) is 79.0 Å². The Morgan fingerprint density at radius 3 is 2.34 bits per heavy atom. The SMILES string of the molecule is Cc1cccc(N2CCN(c3cc(C(F)(F)F)ccc3CNC(=O)C(C)c3ccc(N(C)S(=O)[O-])c(F)c3)CC2)c1. The highest BCUT2D eigenvalue weighted by molar-refractivity contribution is 7.80. The van der Waals surface area contributed by atoms with Gasteiger partial charge in [-0.3, -0.25) is 9.00 Å². The van der Waals surface area contributed by atoms with Crippen molar-refractivity contribution in [2.75, 3.05) is 47.3 Å². The van der Waals surface area contributed by atoms with Crippen molar-refractivity contribution >= 4 is 34.2 Å². The van der Waals surface area contributed by atoms with E-state index in [1.54, 1.807) is 6.92 Å². The van der Waals surface area contributed by atoms with Gasteiger partial charge in [-0.25, -0.2) is 4.39 Å². The number of rotatable bonds is 8. The minimum Gasteiger partial charge on any atom is -0.755 e. The van der Waals surface area contributed by atoms with Gasteiger partial charge in [0.15, 0.2) is 0 Å². The highest BCUT2D eigenvalue weighted by atomic mass is 32.2. The summed E-state index contributed by atoms with van der Waals surface area (Å²) in [5.74, 6) is -2.05. The number of alkyl halides is 3. The summed E-state index contributed by atoms with van der Waals surface area (Å²) in [6.07, 6.45) is -4.52. The van der Waals surface area contributed by atoms with Gasteiger partial charge < -0.3 is 24.0 Å². The number of anilines is 3. The summed E-state index contributed by atoms with van der Waals surface area (Å²) in [4.78, 5) is 17.0. The van der Waals surface area contributed by atoms with Crippen molar-refractivity contribution in [3.8, 4) is 0 Å². The van der Waals surface area contributed by atoms with Crippen molar-refractivity contribution in [2.45, 2.75) is 32.5 Å².